The standard InChI is InChI=1S/C15H12ClN3O/c1-20-19-14(10-5-3-2-4-6-10)12-9-18-15-11(13(12)16)7-8-17-15/h2-9H,1H3,(H,17,18)/b19-14+. The molecule has 0 bridgehead atoms. The van der Waals surface area contributed by atoms with E-state index in [1.807, 2.05) is 42.6 Å². The van der Waals surface area contributed by atoms with Crippen molar-refractivity contribution in [3.8, 4) is 0 Å². The van der Waals surface area contributed by atoms with Crippen molar-refractivity contribution in [3.63, 3.8) is 0 Å². The number of rotatable bonds is 3. The molecule has 2 heterocycles. The van der Waals surface area contributed by atoms with Crippen LogP contribution in [0.25, 0.3) is 11.0 Å². The molecule has 0 spiro atoms. The summed E-state index contributed by atoms with van der Waals surface area (Å²) in [5, 5.41) is 5.57. The van der Waals surface area contributed by atoms with Crippen LogP contribution in [-0.4, -0.2) is 22.8 Å². The van der Waals surface area contributed by atoms with Crippen molar-refractivity contribution in [3.05, 3.63) is 64.9 Å². The lowest BCUT2D eigenvalue weighted by molar-refractivity contribution is 0.214. The van der Waals surface area contributed by atoms with Gasteiger partial charge in [0.1, 0.15) is 18.5 Å². The lowest BCUT2D eigenvalue weighted by Gasteiger charge is -2.08. The Morgan fingerprint density at radius 3 is 2.80 bits per heavy atom. The van der Waals surface area contributed by atoms with E-state index in [4.69, 9.17) is 16.4 Å². The van der Waals surface area contributed by atoms with Crippen LogP contribution in [-0.2, 0) is 4.84 Å². The zero-order chi connectivity index (χ0) is 13.9. The molecule has 0 unspecified atom stereocenters. The second-order valence-electron chi connectivity index (χ2n) is 4.21. The van der Waals surface area contributed by atoms with Crippen molar-refractivity contribution < 1.29 is 4.84 Å². The average Bonchev–Trinajstić information content (AvgIpc) is 2.96. The summed E-state index contributed by atoms with van der Waals surface area (Å²) in [6.45, 7) is 0. The molecule has 3 aromatic rings. The van der Waals surface area contributed by atoms with Crippen LogP contribution >= 0.6 is 11.6 Å². The fourth-order valence-corrected chi connectivity index (χ4v) is 2.38. The lowest BCUT2D eigenvalue weighted by Crippen LogP contribution is -2.05. The summed E-state index contributed by atoms with van der Waals surface area (Å²) in [6, 6.07) is 11.6. The molecule has 4 nitrogen and oxygen atoms in total. The normalized spacial score (nSPS) is 11.8. The maximum absolute atomic E-state index is 6.47. The first-order valence-electron chi connectivity index (χ1n) is 6.10. The zero-order valence-electron chi connectivity index (χ0n) is 10.8. The van der Waals surface area contributed by atoms with Crippen molar-refractivity contribution in [1.82, 2.24) is 9.97 Å². The van der Waals surface area contributed by atoms with Gasteiger partial charge >= 0.3 is 0 Å². The number of aromatic nitrogens is 2. The molecule has 2 aromatic heterocycles. The van der Waals surface area contributed by atoms with Gasteiger partial charge in [0.25, 0.3) is 0 Å². The number of oxime groups is 1. The highest BCUT2D eigenvalue weighted by Crippen LogP contribution is 2.27. The molecule has 0 aliphatic carbocycles. The summed E-state index contributed by atoms with van der Waals surface area (Å²) >= 11 is 6.47. The molecule has 1 aromatic carbocycles. The van der Waals surface area contributed by atoms with Crippen LogP contribution in [0.1, 0.15) is 11.1 Å². The number of H-pyrrole nitrogens is 1. The first-order valence-corrected chi connectivity index (χ1v) is 6.47. The molecule has 0 saturated carbocycles. The number of hydrogen-bond acceptors (Lipinski definition) is 3. The Labute approximate surface area is 121 Å². The Morgan fingerprint density at radius 2 is 2.05 bits per heavy atom. The predicted octanol–water partition coefficient (Wildman–Crippen LogP) is 3.62. The fraction of sp³-hybridized carbons (Fsp3) is 0.0667. The van der Waals surface area contributed by atoms with E-state index in [1.54, 1.807) is 6.20 Å². The van der Waals surface area contributed by atoms with E-state index in [9.17, 15) is 0 Å². The van der Waals surface area contributed by atoms with Gasteiger partial charge in [-0.2, -0.15) is 0 Å². The van der Waals surface area contributed by atoms with Crippen LogP contribution in [0.2, 0.25) is 5.02 Å². The molecule has 20 heavy (non-hydrogen) atoms. The quantitative estimate of drug-likeness (QED) is 0.590. The van der Waals surface area contributed by atoms with Gasteiger partial charge in [-0.25, -0.2) is 4.98 Å². The SMILES string of the molecule is CO/N=C(\c1ccccc1)c1cnc2[nH]ccc2c1Cl. The molecule has 0 atom stereocenters. The number of benzene rings is 1. The third-order valence-corrected chi connectivity index (χ3v) is 3.41. The van der Waals surface area contributed by atoms with Gasteiger partial charge in [0.2, 0.25) is 0 Å². The Kier molecular flexibility index (Phi) is 3.39. The molecule has 5 heteroatoms. The van der Waals surface area contributed by atoms with Crippen LogP contribution < -0.4 is 0 Å². The van der Waals surface area contributed by atoms with Crippen LogP contribution in [0.4, 0.5) is 0 Å². The number of nitrogens with zero attached hydrogens (tertiary/aromatic N) is 2. The van der Waals surface area contributed by atoms with E-state index < -0.39 is 0 Å². The zero-order valence-corrected chi connectivity index (χ0v) is 11.6. The van der Waals surface area contributed by atoms with Crippen LogP contribution in [0.15, 0.2) is 53.9 Å². The monoisotopic (exact) mass is 285 g/mol. The Balaban J connectivity index is 2.20. The molecular formula is C15H12ClN3O. The number of nitrogens with one attached hydrogen (secondary N) is 1. The van der Waals surface area contributed by atoms with Gasteiger partial charge in [0.15, 0.2) is 0 Å². The van der Waals surface area contributed by atoms with Gasteiger partial charge < -0.3 is 9.82 Å². The smallest absolute Gasteiger partial charge is 0.138 e. The lowest BCUT2D eigenvalue weighted by atomic mass is 10.0. The number of pyridine rings is 1. The molecule has 0 aliphatic heterocycles. The second kappa shape index (κ2) is 5.35. The van der Waals surface area contributed by atoms with Gasteiger partial charge in [0.05, 0.1) is 5.02 Å². The first-order chi connectivity index (χ1) is 9.81. The van der Waals surface area contributed by atoms with Gasteiger partial charge in [-0.1, -0.05) is 47.1 Å². The molecule has 0 aliphatic rings. The summed E-state index contributed by atoms with van der Waals surface area (Å²) < 4.78 is 0. The fourth-order valence-electron chi connectivity index (χ4n) is 2.09. The molecule has 0 amide bonds. The highest BCUT2D eigenvalue weighted by Gasteiger charge is 2.15. The van der Waals surface area contributed by atoms with Crippen LogP contribution in [0, 0.1) is 0 Å². The average molecular weight is 286 g/mol. The van der Waals surface area contributed by atoms with Crippen molar-refractivity contribution in [2.24, 2.45) is 5.16 Å². The topological polar surface area (TPSA) is 50.3 Å². The molecule has 0 saturated heterocycles. The van der Waals surface area contributed by atoms with E-state index in [2.05, 4.69) is 15.1 Å². The minimum absolute atomic E-state index is 0.607. The predicted molar refractivity (Wildman–Crippen MR) is 80.2 cm³/mol. The molecule has 100 valence electrons. The summed E-state index contributed by atoms with van der Waals surface area (Å²) in [5.41, 5.74) is 3.08. The van der Waals surface area contributed by atoms with Crippen LogP contribution in [0.5, 0.6) is 0 Å². The van der Waals surface area contributed by atoms with Crippen LogP contribution in [0.3, 0.4) is 0 Å². The Morgan fingerprint density at radius 1 is 1.25 bits per heavy atom. The maximum Gasteiger partial charge on any atom is 0.138 e. The van der Waals surface area contributed by atoms with E-state index in [0.29, 0.717) is 10.7 Å². The van der Waals surface area contributed by atoms with Crippen molar-refractivity contribution in [2.45, 2.75) is 0 Å². The summed E-state index contributed by atoms with van der Waals surface area (Å²) in [7, 11) is 1.51. The number of halogens is 1. The van der Waals surface area contributed by atoms with Crippen molar-refractivity contribution >= 4 is 28.3 Å². The third-order valence-electron chi connectivity index (χ3n) is 3.01. The first kappa shape index (κ1) is 12.7. The van der Waals surface area contributed by atoms with Crippen molar-refractivity contribution in [1.29, 1.82) is 0 Å². The second-order valence-corrected chi connectivity index (χ2v) is 4.59. The molecule has 1 N–H and O–H groups in total. The van der Waals surface area contributed by atoms with Gasteiger partial charge in [0, 0.05) is 28.9 Å². The molecular weight excluding hydrogens is 274 g/mol. The Hall–Kier alpha value is -2.33. The van der Waals surface area contributed by atoms with Gasteiger partial charge in [-0.15, -0.1) is 0 Å². The molecule has 3 rings (SSSR count). The minimum atomic E-state index is 0.607. The minimum Gasteiger partial charge on any atom is -0.399 e. The Bertz CT molecular complexity index is 765. The third kappa shape index (κ3) is 2.14. The van der Waals surface area contributed by atoms with E-state index in [1.165, 1.54) is 7.11 Å². The summed E-state index contributed by atoms with van der Waals surface area (Å²) in [6.07, 6.45) is 3.51. The largest absolute Gasteiger partial charge is 0.399 e. The van der Waals surface area contributed by atoms with Crippen molar-refractivity contribution in [2.75, 3.05) is 7.11 Å². The van der Waals surface area contributed by atoms with Gasteiger partial charge in [-0.05, 0) is 6.07 Å². The highest BCUT2D eigenvalue weighted by atomic mass is 35.5. The molecule has 0 fully saturated rings. The van der Waals surface area contributed by atoms with E-state index in [0.717, 1.165) is 22.2 Å². The maximum atomic E-state index is 6.47. The molecule has 0 radical (unpaired) electrons. The number of hydrogen-bond donors (Lipinski definition) is 1. The summed E-state index contributed by atoms with van der Waals surface area (Å²) in [5.74, 6) is 0. The van der Waals surface area contributed by atoms with Gasteiger partial charge in [-0.3, -0.25) is 0 Å². The number of fused-ring (bicyclic) bond motifs is 1. The number of aromatic amines is 1. The van der Waals surface area contributed by atoms with E-state index >= 15 is 0 Å². The highest BCUT2D eigenvalue weighted by molar-refractivity contribution is 6.39. The summed E-state index contributed by atoms with van der Waals surface area (Å²) in [4.78, 5) is 12.3. The van der Waals surface area contributed by atoms with E-state index in [-0.39, 0.29) is 0 Å².